The monoisotopic (exact) mass is 315 g/mol. The van der Waals surface area contributed by atoms with E-state index in [0.29, 0.717) is 23.4 Å². The lowest BCUT2D eigenvalue weighted by atomic mass is 9.95. The number of carbonyl (C=O) groups excluding carboxylic acids is 1. The van der Waals surface area contributed by atoms with E-state index < -0.39 is 0 Å². The van der Waals surface area contributed by atoms with Crippen LogP contribution >= 0.6 is 11.3 Å². The van der Waals surface area contributed by atoms with Crippen molar-refractivity contribution in [1.29, 1.82) is 0 Å². The van der Waals surface area contributed by atoms with E-state index in [1.807, 2.05) is 12.1 Å². The normalized spacial score (nSPS) is 26.1. The zero-order valence-corrected chi connectivity index (χ0v) is 12.8. The fraction of sp³-hybridized carbons (Fsp3) is 0.375. The third-order valence-electron chi connectivity index (χ3n) is 4.36. The van der Waals surface area contributed by atoms with Gasteiger partial charge in [-0.2, -0.15) is 0 Å². The van der Waals surface area contributed by atoms with Crippen LogP contribution in [-0.4, -0.2) is 29.0 Å². The van der Waals surface area contributed by atoms with Crippen molar-refractivity contribution in [3.8, 4) is 10.8 Å². The largest absolute Gasteiger partial charge is 0.445 e. The molecule has 2 aliphatic rings. The van der Waals surface area contributed by atoms with Crippen molar-refractivity contribution in [3.05, 3.63) is 41.5 Å². The number of fused-ring (bicyclic) bond motifs is 2. The van der Waals surface area contributed by atoms with E-state index in [9.17, 15) is 4.79 Å². The quantitative estimate of drug-likeness (QED) is 0.910. The van der Waals surface area contributed by atoms with Crippen LogP contribution in [0.1, 0.15) is 29.6 Å². The summed E-state index contributed by atoms with van der Waals surface area (Å²) in [7, 11) is 0. The van der Waals surface area contributed by atoms with Crippen LogP contribution in [0.5, 0.6) is 10.8 Å². The predicted molar refractivity (Wildman–Crippen MR) is 84.4 cm³/mol. The van der Waals surface area contributed by atoms with Gasteiger partial charge in [0, 0.05) is 23.7 Å². The number of benzene rings is 1. The Kier molecular flexibility index (Phi) is 3.56. The molecule has 3 heterocycles. The van der Waals surface area contributed by atoms with Crippen molar-refractivity contribution < 1.29 is 9.53 Å². The molecule has 0 spiro atoms. The molecular formula is C16H17N3O2S. The highest BCUT2D eigenvalue weighted by atomic mass is 32.1. The van der Waals surface area contributed by atoms with Crippen LogP contribution in [-0.2, 0) is 0 Å². The molecule has 2 aromatic rings. The first-order valence-electron chi connectivity index (χ1n) is 7.51. The molecule has 2 N–H and O–H groups in total. The molecule has 22 heavy (non-hydrogen) atoms. The van der Waals surface area contributed by atoms with Gasteiger partial charge in [-0.15, -0.1) is 0 Å². The Bertz CT molecular complexity index is 657. The van der Waals surface area contributed by atoms with Crippen LogP contribution in [0.25, 0.3) is 0 Å². The van der Waals surface area contributed by atoms with Gasteiger partial charge in [-0.25, -0.2) is 4.98 Å². The maximum atomic E-state index is 12.3. The molecule has 3 unspecified atom stereocenters. The first kappa shape index (κ1) is 13.7. The molecule has 0 radical (unpaired) electrons. The average Bonchev–Trinajstić information content (AvgIpc) is 3.25. The van der Waals surface area contributed by atoms with Crippen molar-refractivity contribution in [2.45, 2.75) is 37.4 Å². The summed E-state index contributed by atoms with van der Waals surface area (Å²) < 4.78 is 5.64. The van der Waals surface area contributed by atoms with E-state index in [2.05, 4.69) is 15.6 Å². The highest BCUT2D eigenvalue weighted by Crippen LogP contribution is 2.28. The third kappa shape index (κ3) is 2.71. The van der Waals surface area contributed by atoms with Crippen LogP contribution in [0, 0.1) is 0 Å². The van der Waals surface area contributed by atoms with Crippen LogP contribution in [0.4, 0.5) is 0 Å². The number of nitrogens with zero attached hydrogens (tertiary/aromatic N) is 1. The maximum absolute atomic E-state index is 12.3. The second-order valence-electron chi connectivity index (χ2n) is 5.81. The molecule has 114 valence electrons. The van der Waals surface area contributed by atoms with Crippen molar-refractivity contribution in [3.63, 3.8) is 0 Å². The third-order valence-corrected chi connectivity index (χ3v) is 5.01. The minimum atomic E-state index is -0.0105. The summed E-state index contributed by atoms with van der Waals surface area (Å²) in [5.74, 6) is 0.700. The molecule has 1 amide bonds. The van der Waals surface area contributed by atoms with Crippen molar-refractivity contribution >= 4 is 17.2 Å². The molecule has 2 saturated heterocycles. The number of carbonyl (C=O) groups is 1. The van der Waals surface area contributed by atoms with Gasteiger partial charge in [-0.1, -0.05) is 11.3 Å². The maximum Gasteiger partial charge on any atom is 0.251 e. The lowest BCUT2D eigenvalue weighted by molar-refractivity contribution is 0.0931. The Morgan fingerprint density at radius 1 is 1.32 bits per heavy atom. The molecule has 0 aliphatic carbocycles. The van der Waals surface area contributed by atoms with Crippen LogP contribution in [0.15, 0.2) is 36.0 Å². The minimum absolute atomic E-state index is 0.0105. The summed E-state index contributed by atoms with van der Waals surface area (Å²) in [6.07, 6.45) is 5.12. The Hall–Kier alpha value is -1.92. The standard InChI is InChI=1S/C16H17N3O2S/c20-16(19-14-7-11-3-6-13(14)18-11)10-1-4-12(5-2-10)21-15-8-17-9-22-15/h1-2,4-5,8-9,11,13-14,18H,3,6-7H2,(H,19,20). The SMILES string of the molecule is O=C(NC1CC2CCC1N2)c1ccc(Oc2cncs2)cc1. The van der Waals surface area contributed by atoms with E-state index in [0.717, 1.165) is 17.9 Å². The van der Waals surface area contributed by atoms with Crippen LogP contribution in [0.3, 0.4) is 0 Å². The Labute approximate surface area is 132 Å². The molecule has 0 saturated carbocycles. The topological polar surface area (TPSA) is 63.2 Å². The Morgan fingerprint density at radius 3 is 2.82 bits per heavy atom. The second-order valence-corrected chi connectivity index (χ2v) is 6.66. The number of nitrogens with one attached hydrogen (secondary N) is 2. The smallest absolute Gasteiger partial charge is 0.251 e. The van der Waals surface area contributed by atoms with Gasteiger partial charge in [0.15, 0.2) is 0 Å². The van der Waals surface area contributed by atoms with Crippen molar-refractivity contribution in [2.24, 2.45) is 0 Å². The zero-order chi connectivity index (χ0) is 14.9. The molecular weight excluding hydrogens is 298 g/mol. The van der Waals surface area contributed by atoms with E-state index in [-0.39, 0.29) is 11.9 Å². The number of aromatic nitrogens is 1. The average molecular weight is 315 g/mol. The van der Waals surface area contributed by atoms with E-state index in [1.165, 1.54) is 17.8 Å². The number of rotatable bonds is 4. The highest BCUT2D eigenvalue weighted by molar-refractivity contribution is 7.11. The molecule has 2 bridgehead atoms. The van der Waals surface area contributed by atoms with Crippen molar-refractivity contribution in [2.75, 3.05) is 0 Å². The summed E-state index contributed by atoms with van der Waals surface area (Å²) in [5.41, 5.74) is 2.39. The van der Waals surface area contributed by atoms with Crippen LogP contribution in [0.2, 0.25) is 0 Å². The van der Waals surface area contributed by atoms with Gasteiger partial charge in [-0.05, 0) is 43.5 Å². The van der Waals surface area contributed by atoms with Gasteiger partial charge in [-0.3, -0.25) is 4.79 Å². The predicted octanol–water partition coefficient (Wildman–Crippen LogP) is 2.56. The minimum Gasteiger partial charge on any atom is -0.445 e. The molecule has 5 nitrogen and oxygen atoms in total. The lowest BCUT2D eigenvalue weighted by Gasteiger charge is -2.21. The number of amides is 1. The number of hydrogen-bond acceptors (Lipinski definition) is 5. The summed E-state index contributed by atoms with van der Waals surface area (Å²) in [6, 6.07) is 8.52. The van der Waals surface area contributed by atoms with Gasteiger partial charge in [0.25, 0.3) is 5.91 Å². The van der Waals surface area contributed by atoms with Crippen LogP contribution < -0.4 is 15.4 Å². The fourth-order valence-electron chi connectivity index (χ4n) is 3.28. The number of ether oxygens (including phenoxy) is 1. The van der Waals surface area contributed by atoms with E-state index in [4.69, 9.17) is 4.74 Å². The summed E-state index contributed by atoms with van der Waals surface area (Å²) in [5, 5.41) is 7.41. The second kappa shape index (κ2) is 5.70. The van der Waals surface area contributed by atoms with Gasteiger partial charge >= 0.3 is 0 Å². The van der Waals surface area contributed by atoms with Gasteiger partial charge in [0.05, 0.1) is 11.7 Å². The van der Waals surface area contributed by atoms with Gasteiger partial charge < -0.3 is 15.4 Å². The zero-order valence-electron chi connectivity index (χ0n) is 12.0. The summed E-state index contributed by atoms with van der Waals surface area (Å²) in [4.78, 5) is 16.3. The fourth-order valence-corrected chi connectivity index (χ4v) is 3.77. The van der Waals surface area contributed by atoms with E-state index in [1.54, 1.807) is 23.8 Å². The molecule has 1 aromatic heterocycles. The molecule has 2 fully saturated rings. The number of hydrogen-bond donors (Lipinski definition) is 2. The first-order chi connectivity index (χ1) is 10.8. The summed E-state index contributed by atoms with van der Waals surface area (Å²) in [6.45, 7) is 0. The highest BCUT2D eigenvalue weighted by Gasteiger charge is 2.39. The molecule has 3 atom stereocenters. The van der Waals surface area contributed by atoms with E-state index >= 15 is 0 Å². The molecule has 2 aliphatic heterocycles. The Balaban J connectivity index is 1.38. The molecule has 4 rings (SSSR count). The number of thiazole rings is 1. The van der Waals surface area contributed by atoms with Gasteiger partial charge in [0.1, 0.15) is 5.75 Å². The molecule has 6 heteroatoms. The first-order valence-corrected chi connectivity index (χ1v) is 8.39. The summed E-state index contributed by atoms with van der Waals surface area (Å²) >= 11 is 1.44. The lowest BCUT2D eigenvalue weighted by Crippen LogP contribution is -2.42. The van der Waals surface area contributed by atoms with Gasteiger partial charge in [0.2, 0.25) is 5.06 Å². The Morgan fingerprint density at radius 2 is 2.18 bits per heavy atom. The molecule has 1 aromatic carbocycles. The van der Waals surface area contributed by atoms with Crippen molar-refractivity contribution in [1.82, 2.24) is 15.6 Å².